The van der Waals surface area contributed by atoms with E-state index in [9.17, 15) is 18.0 Å². The van der Waals surface area contributed by atoms with Crippen LogP contribution >= 0.6 is 0 Å². The molecular formula is C9H10F3N3O. The Morgan fingerprint density at radius 1 is 1.44 bits per heavy atom. The Balaban J connectivity index is 2.13. The highest BCUT2D eigenvalue weighted by Gasteiger charge is 2.48. The molecule has 0 unspecified atom stereocenters. The summed E-state index contributed by atoms with van der Waals surface area (Å²) >= 11 is 0. The molecule has 7 heteroatoms. The molecule has 16 heavy (non-hydrogen) atoms. The van der Waals surface area contributed by atoms with Crippen LogP contribution in [0.25, 0.3) is 0 Å². The van der Waals surface area contributed by atoms with Crippen molar-refractivity contribution >= 4 is 5.82 Å². The summed E-state index contributed by atoms with van der Waals surface area (Å²) in [5.74, 6) is -1.26. The van der Waals surface area contributed by atoms with Crippen molar-refractivity contribution in [1.29, 1.82) is 0 Å². The molecule has 0 spiro atoms. The molecule has 0 saturated carbocycles. The maximum atomic E-state index is 12.2. The van der Waals surface area contributed by atoms with Gasteiger partial charge in [-0.25, -0.2) is 4.98 Å². The minimum atomic E-state index is -4.18. The van der Waals surface area contributed by atoms with E-state index in [-0.39, 0.29) is 24.5 Å². The number of alkyl halides is 3. The smallest absolute Gasteiger partial charge is 0.351 e. The van der Waals surface area contributed by atoms with Gasteiger partial charge in [-0.3, -0.25) is 4.79 Å². The Morgan fingerprint density at radius 3 is 2.62 bits per heavy atom. The third-order valence-electron chi connectivity index (χ3n) is 2.64. The van der Waals surface area contributed by atoms with E-state index < -0.39 is 12.1 Å². The van der Waals surface area contributed by atoms with E-state index in [1.54, 1.807) is 0 Å². The van der Waals surface area contributed by atoms with E-state index in [1.165, 1.54) is 28.9 Å². The predicted octanol–water partition coefficient (Wildman–Crippen LogP) is 0.779. The van der Waals surface area contributed by atoms with Crippen LogP contribution in [0.15, 0.2) is 17.2 Å². The summed E-state index contributed by atoms with van der Waals surface area (Å²) in [6.07, 6.45) is -1.32. The highest BCUT2D eigenvalue weighted by molar-refractivity contribution is 5.39. The van der Waals surface area contributed by atoms with Gasteiger partial charge in [0.15, 0.2) is 5.82 Å². The average molecular weight is 233 g/mol. The van der Waals surface area contributed by atoms with E-state index in [0.717, 1.165) is 0 Å². The second kappa shape index (κ2) is 3.50. The Morgan fingerprint density at radius 2 is 2.06 bits per heavy atom. The molecule has 0 amide bonds. The summed E-state index contributed by atoms with van der Waals surface area (Å²) in [5, 5.41) is 0. The lowest BCUT2D eigenvalue weighted by atomic mass is 10.00. The standard InChI is InChI=1S/C9H10F3N3O/c1-14-3-2-13-7(8(14)16)15-4-6(5-15)9(10,11)12/h2-3,6H,4-5H2,1H3. The molecule has 0 aliphatic carbocycles. The normalized spacial score (nSPS) is 17.4. The Labute approximate surface area is 89.3 Å². The first-order chi connectivity index (χ1) is 7.39. The van der Waals surface area contributed by atoms with E-state index in [4.69, 9.17) is 0 Å². The maximum Gasteiger partial charge on any atom is 0.395 e. The topological polar surface area (TPSA) is 38.1 Å². The quantitative estimate of drug-likeness (QED) is 0.719. The van der Waals surface area contributed by atoms with E-state index in [2.05, 4.69) is 4.98 Å². The van der Waals surface area contributed by atoms with Crippen molar-refractivity contribution in [2.45, 2.75) is 6.18 Å². The maximum absolute atomic E-state index is 12.2. The number of hydrogen-bond acceptors (Lipinski definition) is 3. The second-order valence-electron chi connectivity index (χ2n) is 3.81. The third-order valence-corrected chi connectivity index (χ3v) is 2.64. The van der Waals surface area contributed by atoms with Crippen molar-refractivity contribution in [3.63, 3.8) is 0 Å². The molecule has 0 aromatic carbocycles. The lowest BCUT2D eigenvalue weighted by Crippen LogP contribution is -2.55. The highest BCUT2D eigenvalue weighted by Crippen LogP contribution is 2.34. The Kier molecular flexibility index (Phi) is 2.40. The van der Waals surface area contributed by atoms with Crippen molar-refractivity contribution in [3.8, 4) is 0 Å². The average Bonchev–Trinajstić information content (AvgIpc) is 2.07. The van der Waals surface area contributed by atoms with Gasteiger partial charge >= 0.3 is 6.18 Å². The zero-order valence-electron chi connectivity index (χ0n) is 8.53. The molecule has 4 nitrogen and oxygen atoms in total. The van der Waals surface area contributed by atoms with Crippen LogP contribution < -0.4 is 10.5 Å². The summed E-state index contributed by atoms with van der Waals surface area (Å²) in [5.41, 5.74) is -0.372. The van der Waals surface area contributed by atoms with Crippen LogP contribution in [0.4, 0.5) is 19.0 Å². The van der Waals surface area contributed by atoms with Gasteiger partial charge in [0.25, 0.3) is 5.56 Å². The van der Waals surface area contributed by atoms with Gasteiger partial charge in [0.05, 0.1) is 5.92 Å². The molecular weight excluding hydrogens is 223 g/mol. The number of aryl methyl sites for hydroxylation is 1. The molecule has 1 aromatic heterocycles. The summed E-state index contributed by atoms with van der Waals surface area (Å²) in [7, 11) is 1.54. The molecule has 0 bridgehead atoms. The molecule has 2 heterocycles. The van der Waals surface area contributed by atoms with Crippen LogP contribution in [0.5, 0.6) is 0 Å². The van der Waals surface area contributed by atoms with Gasteiger partial charge in [0.2, 0.25) is 0 Å². The van der Waals surface area contributed by atoms with E-state index >= 15 is 0 Å². The lowest BCUT2D eigenvalue weighted by molar-refractivity contribution is -0.180. The molecule has 2 rings (SSSR count). The van der Waals surface area contributed by atoms with Gasteiger partial charge in [-0.05, 0) is 0 Å². The third kappa shape index (κ3) is 1.77. The number of halogens is 3. The van der Waals surface area contributed by atoms with Gasteiger partial charge in [0.1, 0.15) is 0 Å². The zero-order chi connectivity index (χ0) is 11.9. The largest absolute Gasteiger partial charge is 0.395 e. The Bertz CT molecular complexity index is 448. The molecule has 0 radical (unpaired) electrons. The van der Waals surface area contributed by atoms with Crippen LogP contribution in [0, 0.1) is 5.92 Å². The first kappa shape index (κ1) is 11.0. The highest BCUT2D eigenvalue weighted by atomic mass is 19.4. The van der Waals surface area contributed by atoms with Crippen LogP contribution in [-0.2, 0) is 7.05 Å². The molecule has 1 aromatic rings. The predicted molar refractivity (Wildman–Crippen MR) is 51.2 cm³/mol. The first-order valence-electron chi connectivity index (χ1n) is 4.73. The van der Waals surface area contributed by atoms with E-state index in [0.29, 0.717) is 0 Å². The first-order valence-corrected chi connectivity index (χ1v) is 4.73. The fraction of sp³-hybridized carbons (Fsp3) is 0.556. The molecule has 1 fully saturated rings. The summed E-state index contributed by atoms with van der Waals surface area (Å²) < 4.78 is 38.0. The SMILES string of the molecule is Cn1ccnc(N2CC(C(F)(F)F)C2)c1=O. The van der Waals surface area contributed by atoms with Crippen molar-refractivity contribution in [3.05, 3.63) is 22.7 Å². The van der Waals surface area contributed by atoms with Crippen LogP contribution in [0.2, 0.25) is 0 Å². The van der Waals surface area contributed by atoms with Gasteiger partial charge in [0, 0.05) is 32.5 Å². The summed E-state index contributed by atoms with van der Waals surface area (Å²) in [6, 6.07) is 0. The number of nitrogens with zero attached hydrogens (tertiary/aromatic N) is 3. The lowest BCUT2D eigenvalue weighted by Gasteiger charge is -2.40. The second-order valence-corrected chi connectivity index (χ2v) is 3.81. The van der Waals surface area contributed by atoms with Crippen molar-refractivity contribution < 1.29 is 13.2 Å². The fourth-order valence-electron chi connectivity index (χ4n) is 1.56. The van der Waals surface area contributed by atoms with Crippen LogP contribution in [0.1, 0.15) is 0 Å². The summed E-state index contributed by atoms with van der Waals surface area (Å²) in [4.78, 5) is 16.7. The number of anilines is 1. The molecule has 1 aliphatic rings. The molecule has 0 N–H and O–H groups in total. The van der Waals surface area contributed by atoms with Crippen molar-refractivity contribution in [2.24, 2.45) is 13.0 Å². The van der Waals surface area contributed by atoms with Gasteiger partial charge in [-0.1, -0.05) is 0 Å². The Hall–Kier alpha value is -1.53. The number of rotatable bonds is 1. The minimum Gasteiger partial charge on any atom is -0.351 e. The van der Waals surface area contributed by atoms with Crippen LogP contribution in [-0.4, -0.2) is 28.8 Å². The van der Waals surface area contributed by atoms with Gasteiger partial charge < -0.3 is 9.47 Å². The number of aromatic nitrogens is 2. The van der Waals surface area contributed by atoms with Gasteiger partial charge in [-0.15, -0.1) is 0 Å². The minimum absolute atomic E-state index is 0.0884. The molecule has 1 aliphatic heterocycles. The molecule has 0 atom stereocenters. The monoisotopic (exact) mass is 233 g/mol. The van der Waals surface area contributed by atoms with E-state index in [1.807, 2.05) is 0 Å². The number of hydrogen-bond donors (Lipinski definition) is 0. The fourth-order valence-corrected chi connectivity index (χ4v) is 1.56. The molecule has 88 valence electrons. The van der Waals surface area contributed by atoms with Crippen molar-refractivity contribution in [1.82, 2.24) is 9.55 Å². The van der Waals surface area contributed by atoms with Gasteiger partial charge in [-0.2, -0.15) is 13.2 Å². The zero-order valence-corrected chi connectivity index (χ0v) is 8.53. The van der Waals surface area contributed by atoms with Crippen LogP contribution in [0.3, 0.4) is 0 Å². The molecule has 1 saturated heterocycles. The summed E-state index contributed by atoms with van der Waals surface area (Å²) in [6.45, 7) is -0.370. The van der Waals surface area contributed by atoms with Crippen molar-refractivity contribution in [2.75, 3.05) is 18.0 Å².